The first-order valence-corrected chi connectivity index (χ1v) is 7.49. The lowest BCUT2D eigenvalue weighted by molar-refractivity contribution is -0.143. The number of halogens is 1. The highest BCUT2D eigenvalue weighted by molar-refractivity contribution is 6.30. The normalized spacial score (nSPS) is 11.8. The topological polar surface area (TPSA) is 84.5 Å². The number of nitrogens with one attached hydrogen (secondary N) is 2. The summed E-state index contributed by atoms with van der Waals surface area (Å²) in [6.07, 6.45) is 3.44. The fraction of sp³-hybridized carbons (Fsp3) is 0.312. The molecule has 0 saturated heterocycles. The molecule has 0 spiro atoms. The number of rotatable bonds is 6. The number of hydrogen-bond acceptors (Lipinski definition) is 4. The zero-order valence-corrected chi connectivity index (χ0v) is 13.7. The number of carbonyl (C=O) groups is 3. The lowest BCUT2D eigenvalue weighted by Gasteiger charge is -2.11. The van der Waals surface area contributed by atoms with Gasteiger partial charge in [-0.2, -0.15) is 0 Å². The Morgan fingerprint density at radius 1 is 1.35 bits per heavy atom. The minimum atomic E-state index is -0.699. The van der Waals surface area contributed by atoms with E-state index in [0.717, 1.165) is 12.0 Å². The van der Waals surface area contributed by atoms with Gasteiger partial charge in [-0.3, -0.25) is 10.1 Å². The van der Waals surface area contributed by atoms with Gasteiger partial charge in [0.05, 0.1) is 0 Å². The molecule has 0 aliphatic heterocycles. The zero-order valence-electron chi connectivity index (χ0n) is 13.0. The van der Waals surface area contributed by atoms with E-state index in [1.54, 1.807) is 24.3 Å². The van der Waals surface area contributed by atoms with Crippen LogP contribution in [0.3, 0.4) is 0 Å². The van der Waals surface area contributed by atoms with Crippen LogP contribution in [-0.2, 0) is 14.3 Å². The predicted octanol–water partition coefficient (Wildman–Crippen LogP) is 2.52. The van der Waals surface area contributed by atoms with E-state index in [4.69, 9.17) is 16.3 Å². The van der Waals surface area contributed by atoms with Crippen LogP contribution < -0.4 is 10.6 Å². The van der Waals surface area contributed by atoms with E-state index < -0.39 is 24.5 Å². The molecule has 0 aliphatic rings. The summed E-state index contributed by atoms with van der Waals surface area (Å²) in [5.74, 6) is -1.39. The third kappa shape index (κ3) is 8.01. The van der Waals surface area contributed by atoms with Crippen molar-refractivity contribution < 1.29 is 19.1 Å². The van der Waals surface area contributed by atoms with Gasteiger partial charge in [-0.15, -0.1) is 0 Å². The van der Waals surface area contributed by atoms with Gasteiger partial charge in [0.25, 0.3) is 5.91 Å². The third-order valence-electron chi connectivity index (χ3n) is 2.85. The summed E-state index contributed by atoms with van der Waals surface area (Å²) in [6, 6.07) is 6.24. The maximum absolute atomic E-state index is 11.5. The van der Waals surface area contributed by atoms with Gasteiger partial charge in [0.15, 0.2) is 6.61 Å². The van der Waals surface area contributed by atoms with Crippen LogP contribution in [0, 0.1) is 0 Å². The van der Waals surface area contributed by atoms with Crippen LogP contribution in [0.5, 0.6) is 0 Å². The van der Waals surface area contributed by atoms with Gasteiger partial charge in [-0.25, -0.2) is 9.59 Å². The monoisotopic (exact) mass is 338 g/mol. The van der Waals surface area contributed by atoms with Gasteiger partial charge >= 0.3 is 12.0 Å². The summed E-state index contributed by atoms with van der Waals surface area (Å²) >= 11 is 5.82. The van der Waals surface area contributed by atoms with Gasteiger partial charge in [-0.1, -0.05) is 30.7 Å². The molecule has 23 heavy (non-hydrogen) atoms. The number of carbonyl (C=O) groups excluding carboxylic acids is 3. The zero-order chi connectivity index (χ0) is 17.2. The molecule has 6 nitrogen and oxygen atoms in total. The van der Waals surface area contributed by atoms with E-state index in [1.807, 2.05) is 13.8 Å². The molecular formula is C16H19ClN2O4. The second-order valence-corrected chi connectivity index (χ2v) is 5.26. The highest BCUT2D eigenvalue weighted by Gasteiger charge is 2.11. The Hall–Kier alpha value is -2.34. The Bertz CT molecular complexity index is 601. The Kier molecular flexibility index (Phi) is 7.83. The van der Waals surface area contributed by atoms with Gasteiger partial charge < -0.3 is 10.1 Å². The van der Waals surface area contributed by atoms with Crippen molar-refractivity contribution in [3.8, 4) is 0 Å². The molecule has 3 amide bonds. The summed E-state index contributed by atoms with van der Waals surface area (Å²) < 4.78 is 4.74. The van der Waals surface area contributed by atoms with E-state index in [0.29, 0.717) is 5.02 Å². The number of urea groups is 1. The molecule has 7 heteroatoms. The molecule has 0 unspecified atom stereocenters. The summed E-state index contributed by atoms with van der Waals surface area (Å²) in [5, 5.41) is 5.18. The molecular weight excluding hydrogens is 320 g/mol. The predicted molar refractivity (Wildman–Crippen MR) is 87.9 cm³/mol. The number of amides is 3. The van der Waals surface area contributed by atoms with E-state index in [2.05, 4.69) is 10.6 Å². The Labute approximate surface area is 139 Å². The standard InChI is InChI=1S/C16H19ClN2O4/c1-3-11(2)18-16(22)19-14(20)10-23-15(21)8-7-12-5-4-6-13(17)9-12/h4-9,11H,3,10H2,1-2H3,(H2,18,19,20,22)/b8-7+/t11-/m0/s1. The first kappa shape index (κ1) is 18.7. The molecule has 0 aromatic heterocycles. The van der Waals surface area contributed by atoms with Crippen LogP contribution in [0.1, 0.15) is 25.8 Å². The van der Waals surface area contributed by atoms with Crippen molar-refractivity contribution in [2.75, 3.05) is 6.61 Å². The second-order valence-electron chi connectivity index (χ2n) is 4.83. The first-order valence-electron chi connectivity index (χ1n) is 7.11. The Balaban J connectivity index is 2.35. The first-order chi connectivity index (χ1) is 10.9. The van der Waals surface area contributed by atoms with E-state index >= 15 is 0 Å². The molecule has 2 N–H and O–H groups in total. The number of imide groups is 1. The molecule has 0 heterocycles. The van der Waals surface area contributed by atoms with E-state index in [9.17, 15) is 14.4 Å². The van der Waals surface area contributed by atoms with E-state index in [1.165, 1.54) is 12.2 Å². The van der Waals surface area contributed by atoms with Crippen molar-refractivity contribution >= 4 is 35.6 Å². The summed E-state index contributed by atoms with van der Waals surface area (Å²) in [5.41, 5.74) is 0.729. The number of benzene rings is 1. The lowest BCUT2D eigenvalue weighted by atomic mass is 10.2. The Morgan fingerprint density at radius 2 is 2.09 bits per heavy atom. The van der Waals surface area contributed by atoms with Gasteiger partial charge in [0.1, 0.15) is 0 Å². The van der Waals surface area contributed by atoms with Crippen molar-refractivity contribution in [2.24, 2.45) is 0 Å². The maximum atomic E-state index is 11.5. The van der Waals surface area contributed by atoms with Crippen LogP contribution in [0.4, 0.5) is 4.79 Å². The molecule has 0 radical (unpaired) electrons. The van der Waals surface area contributed by atoms with Crippen LogP contribution >= 0.6 is 11.6 Å². The quantitative estimate of drug-likeness (QED) is 0.616. The molecule has 0 fully saturated rings. The van der Waals surface area contributed by atoms with Crippen molar-refractivity contribution in [3.63, 3.8) is 0 Å². The maximum Gasteiger partial charge on any atom is 0.331 e. The number of hydrogen-bond donors (Lipinski definition) is 2. The smallest absolute Gasteiger partial charge is 0.331 e. The molecule has 1 rings (SSSR count). The van der Waals surface area contributed by atoms with Crippen molar-refractivity contribution in [2.45, 2.75) is 26.3 Å². The fourth-order valence-electron chi connectivity index (χ4n) is 1.48. The van der Waals surface area contributed by atoms with Crippen LogP contribution in [0.2, 0.25) is 5.02 Å². The van der Waals surface area contributed by atoms with Gasteiger partial charge in [0, 0.05) is 17.1 Å². The van der Waals surface area contributed by atoms with Crippen LogP contribution in [-0.4, -0.2) is 30.6 Å². The molecule has 0 aliphatic carbocycles. The fourth-order valence-corrected chi connectivity index (χ4v) is 1.68. The minimum absolute atomic E-state index is 0.0500. The minimum Gasteiger partial charge on any atom is -0.452 e. The van der Waals surface area contributed by atoms with Crippen LogP contribution in [0.25, 0.3) is 6.08 Å². The average Bonchev–Trinajstić information content (AvgIpc) is 2.50. The molecule has 0 bridgehead atoms. The van der Waals surface area contributed by atoms with Crippen molar-refractivity contribution in [1.82, 2.24) is 10.6 Å². The van der Waals surface area contributed by atoms with E-state index in [-0.39, 0.29) is 6.04 Å². The molecule has 1 aromatic rings. The number of esters is 1. The number of ether oxygens (including phenoxy) is 1. The highest BCUT2D eigenvalue weighted by atomic mass is 35.5. The Morgan fingerprint density at radius 3 is 2.74 bits per heavy atom. The molecule has 1 atom stereocenters. The highest BCUT2D eigenvalue weighted by Crippen LogP contribution is 2.11. The van der Waals surface area contributed by atoms with Crippen molar-refractivity contribution in [1.29, 1.82) is 0 Å². The van der Waals surface area contributed by atoms with Gasteiger partial charge in [-0.05, 0) is 37.1 Å². The third-order valence-corrected chi connectivity index (χ3v) is 3.08. The molecule has 1 aromatic carbocycles. The van der Waals surface area contributed by atoms with Gasteiger partial charge in [0.2, 0.25) is 0 Å². The van der Waals surface area contributed by atoms with Crippen LogP contribution in [0.15, 0.2) is 30.3 Å². The summed E-state index contributed by atoms with van der Waals surface area (Å²) in [7, 11) is 0. The lowest BCUT2D eigenvalue weighted by Crippen LogP contribution is -2.44. The summed E-state index contributed by atoms with van der Waals surface area (Å²) in [6.45, 7) is 3.18. The average molecular weight is 339 g/mol. The molecule has 0 saturated carbocycles. The van der Waals surface area contributed by atoms with Crippen molar-refractivity contribution in [3.05, 3.63) is 40.9 Å². The second kappa shape index (κ2) is 9.63. The largest absolute Gasteiger partial charge is 0.452 e. The summed E-state index contributed by atoms with van der Waals surface area (Å²) in [4.78, 5) is 34.3. The SMILES string of the molecule is CC[C@H](C)NC(=O)NC(=O)COC(=O)/C=C/c1cccc(Cl)c1. The molecule has 124 valence electrons.